The molecule has 0 spiro atoms. The first-order valence-corrected chi connectivity index (χ1v) is 10.5. The smallest absolute Gasteiger partial charge is 0.406 e. The summed E-state index contributed by atoms with van der Waals surface area (Å²) in [5.74, 6) is -0.159. The van der Waals surface area contributed by atoms with Gasteiger partial charge in [-0.25, -0.2) is 0 Å². The molecule has 0 aromatic heterocycles. The van der Waals surface area contributed by atoms with Gasteiger partial charge >= 0.3 is 6.36 Å². The van der Waals surface area contributed by atoms with E-state index in [0.29, 0.717) is 27.1 Å². The lowest BCUT2D eigenvalue weighted by molar-refractivity contribution is -0.274. The van der Waals surface area contributed by atoms with Crippen molar-refractivity contribution in [2.75, 3.05) is 7.05 Å². The SMILES string of the molecule is C/C=C(\C(=O)NC)c1ccc(OC(F)(F)F)cc1.C=C(C=C=C(Cl)/C=C(\C)Cl)C(C)CC. The maximum Gasteiger partial charge on any atom is 0.573 e. The third-order valence-electron chi connectivity index (χ3n) is 4.13. The van der Waals surface area contributed by atoms with Crippen molar-refractivity contribution in [2.24, 2.45) is 5.92 Å². The Balaban J connectivity index is 0.000000622. The van der Waals surface area contributed by atoms with Crippen LogP contribution in [0.25, 0.3) is 5.57 Å². The van der Waals surface area contributed by atoms with Gasteiger partial charge in [-0.15, -0.1) is 18.9 Å². The van der Waals surface area contributed by atoms with Gasteiger partial charge in [-0.1, -0.05) is 61.8 Å². The van der Waals surface area contributed by atoms with Gasteiger partial charge in [0.25, 0.3) is 5.91 Å². The summed E-state index contributed by atoms with van der Waals surface area (Å²) in [4.78, 5) is 11.5. The normalized spacial score (nSPS) is 12.6. The lowest BCUT2D eigenvalue weighted by atomic mass is 10.0. The van der Waals surface area contributed by atoms with E-state index in [2.05, 4.69) is 36.2 Å². The molecule has 176 valence electrons. The molecule has 0 saturated carbocycles. The number of rotatable bonds is 7. The Bertz CT molecular complexity index is 891. The summed E-state index contributed by atoms with van der Waals surface area (Å²) in [7, 11) is 1.48. The summed E-state index contributed by atoms with van der Waals surface area (Å²) in [5.41, 5.74) is 4.86. The van der Waals surface area contributed by atoms with Crippen LogP contribution in [0.15, 0.2) is 70.4 Å². The van der Waals surface area contributed by atoms with Crippen LogP contribution in [0.1, 0.15) is 39.7 Å². The highest BCUT2D eigenvalue weighted by Gasteiger charge is 2.31. The number of carbonyl (C=O) groups is 1. The van der Waals surface area contributed by atoms with E-state index in [9.17, 15) is 18.0 Å². The molecule has 8 heteroatoms. The minimum absolute atomic E-state index is 0.304. The molecule has 0 aliphatic heterocycles. The molecule has 0 saturated heterocycles. The fourth-order valence-electron chi connectivity index (χ4n) is 2.18. The highest BCUT2D eigenvalue weighted by molar-refractivity contribution is 6.34. The lowest BCUT2D eigenvalue weighted by Crippen LogP contribution is -2.19. The van der Waals surface area contributed by atoms with Crippen LogP contribution in [0.5, 0.6) is 5.75 Å². The van der Waals surface area contributed by atoms with Gasteiger partial charge in [0, 0.05) is 17.7 Å². The summed E-state index contributed by atoms with van der Waals surface area (Å²) in [5, 5.41) is 3.59. The van der Waals surface area contributed by atoms with Crippen molar-refractivity contribution >= 4 is 34.7 Å². The average molecular weight is 490 g/mol. The molecule has 3 nitrogen and oxygen atoms in total. The molecule has 0 aliphatic carbocycles. The average Bonchev–Trinajstić information content (AvgIpc) is 2.71. The number of benzene rings is 1. The van der Waals surface area contributed by atoms with Crippen LogP contribution >= 0.6 is 23.2 Å². The summed E-state index contributed by atoms with van der Waals surface area (Å²) in [6.07, 6.45) is 1.40. The minimum atomic E-state index is -4.72. The quantitative estimate of drug-likeness (QED) is 0.241. The maximum atomic E-state index is 12.0. The van der Waals surface area contributed by atoms with Crippen molar-refractivity contribution in [2.45, 2.75) is 40.5 Å². The second-order valence-corrected chi connectivity index (χ2v) is 7.61. The molecule has 1 atom stereocenters. The summed E-state index contributed by atoms with van der Waals surface area (Å²) >= 11 is 11.5. The number of hydrogen-bond donors (Lipinski definition) is 1. The zero-order chi connectivity index (χ0) is 24.9. The summed E-state index contributed by atoms with van der Waals surface area (Å²) in [6.45, 7) is 11.6. The molecule has 1 aromatic carbocycles. The fraction of sp³-hybridized carbons (Fsp3) is 0.333. The first-order valence-electron chi connectivity index (χ1n) is 9.73. The number of ether oxygens (including phenoxy) is 1. The Morgan fingerprint density at radius 3 is 2.25 bits per heavy atom. The van der Waals surface area contributed by atoms with Gasteiger partial charge in [0.1, 0.15) is 5.75 Å². The van der Waals surface area contributed by atoms with Crippen molar-refractivity contribution in [1.82, 2.24) is 5.32 Å². The van der Waals surface area contributed by atoms with E-state index in [4.69, 9.17) is 23.2 Å². The van der Waals surface area contributed by atoms with Crippen LogP contribution in [0, 0.1) is 5.92 Å². The molecule has 0 bridgehead atoms. The van der Waals surface area contributed by atoms with Crippen LogP contribution in [0.3, 0.4) is 0 Å². The third-order valence-corrected chi connectivity index (χ3v) is 4.45. The van der Waals surface area contributed by atoms with Gasteiger partial charge in [0.2, 0.25) is 0 Å². The molecule has 0 heterocycles. The maximum absolute atomic E-state index is 12.0. The minimum Gasteiger partial charge on any atom is -0.406 e. The number of allylic oxidation sites excluding steroid dienone is 5. The van der Waals surface area contributed by atoms with Crippen molar-refractivity contribution in [3.63, 3.8) is 0 Å². The molecule has 0 fully saturated rings. The van der Waals surface area contributed by atoms with E-state index in [1.54, 1.807) is 26.0 Å². The van der Waals surface area contributed by atoms with Gasteiger partial charge in [-0.3, -0.25) is 4.79 Å². The van der Waals surface area contributed by atoms with Gasteiger partial charge in [0.15, 0.2) is 0 Å². The molecule has 1 unspecified atom stereocenters. The third kappa shape index (κ3) is 12.5. The van der Waals surface area contributed by atoms with Crippen LogP contribution in [0.4, 0.5) is 13.2 Å². The molecule has 1 rings (SSSR count). The first kappa shape index (κ1) is 29.6. The van der Waals surface area contributed by atoms with E-state index in [1.807, 2.05) is 6.08 Å². The second kappa shape index (κ2) is 14.6. The van der Waals surface area contributed by atoms with Gasteiger partial charge in [-0.05, 0) is 61.6 Å². The molecular formula is C24H28Cl2F3NO2. The van der Waals surface area contributed by atoms with Crippen molar-refractivity contribution in [3.05, 3.63) is 76.0 Å². The molecule has 32 heavy (non-hydrogen) atoms. The summed E-state index contributed by atoms with van der Waals surface area (Å²) in [6, 6.07) is 5.11. The zero-order valence-electron chi connectivity index (χ0n) is 18.7. The highest BCUT2D eigenvalue weighted by atomic mass is 35.5. The van der Waals surface area contributed by atoms with Crippen molar-refractivity contribution < 1.29 is 22.7 Å². The van der Waals surface area contributed by atoms with Crippen LogP contribution in [-0.4, -0.2) is 19.3 Å². The van der Waals surface area contributed by atoms with E-state index in [1.165, 1.54) is 19.2 Å². The Morgan fingerprint density at radius 1 is 1.28 bits per heavy atom. The van der Waals surface area contributed by atoms with Gasteiger partial charge in [-0.2, -0.15) is 0 Å². The number of hydrogen-bond acceptors (Lipinski definition) is 2. The molecule has 1 amide bonds. The number of carbonyl (C=O) groups excluding carboxylic acids is 1. The monoisotopic (exact) mass is 489 g/mol. The Morgan fingerprint density at radius 2 is 1.84 bits per heavy atom. The lowest BCUT2D eigenvalue weighted by Gasteiger charge is -2.10. The van der Waals surface area contributed by atoms with E-state index in [-0.39, 0.29) is 11.7 Å². The highest BCUT2D eigenvalue weighted by Crippen LogP contribution is 2.24. The molecule has 1 aromatic rings. The zero-order valence-corrected chi connectivity index (χ0v) is 20.3. The second-order valence-electron chi connectivity index (χ2n) is 6.61. The molecular weight excluding hydrogens is 462 g/mol. The largest absolute Gasteiger partial charge is 0.573 e. The Labute approximate surface area is 197 Å². The number of halogens is 5. The van der Waals surface area contributed by atoms with Gasteiger partial charge < -0.3 is 10.1 Å². The fourth-order valence-corrected chi connectivity index (χ4v) is 2.57. The van der Waals surface area contributed by atoms with Crippen LogP contribution in [-0.2, 0) is 4.79 Å². The number of alkyl halides is 3. The predicted octanol–water partition coefficient (Wildman–Crippen LogP) is 7.74. The van der Waals surface area contributed by atoms with Crippen molar-refractivity contribution in [3.8, 4) is 5.75 Å². The predicted molar refractivity (Wildman–Crippen MR) is 126 cm³/mol. The first-order chi connectivity index (χ1) is 14.8. The van der Waals surface area contributed by atoms with Crippen LogP contribution in [0.2, 0.25) is 0 Å². The van der Waals surface area contributed by atoms with Crippen molar-refractivity contribution in [1.29, 1.82) is 0 Å². The molecule has 0 radical (unpaired) electrons. The Hall–Kier alpha value is -2.40. The number of amides is 1. The Kier molecular flexibility index (Phi) is 13.5. The van der Waals surface area contributed by atoms with Crippen LogP contribution < -0.4 is 10.1 Å². The topological polar surface area (TPSA) is 38.3 Å². The van der Waals surface area contributed by atoms with Gasteiger partial charge in [0.05, 0.1) is 5.03 Å². The van der Waals surface area contributed by atoms with E-state index >= 15 is 0 Å². The van der Waals surface area contributed by atoms with E-state index < -0.39 is 6.36 Å². The molecule has 0 aliphatic rings. The summed E-state index contributed by atoms with van der Waals surface area (Å²) < 4.78 is 39.6. The number of nitrogens with one attached hydrogen (secondary N) is 1. The molecule has 1 N–H and O–H groups in total. The van der Waals surface area contributed by atoms with E-state index in [0.717, 1.165) is 24.1 Å². The number of likely N-dealkylation sites (N-methyl/N-ethyl adjacent to an activating group) is 1. The standard InChI is InChI=1S/C12H16Cl2.C12H12F3NO2/c1-5-9(2)10(3)6-7-12(14)8-11(4)13;1-3-10(11(17)16-2)8-4-6-9(7-5-8)18-12(13,14)15/h6,8-9H,3,5H2,1-2,4H3;3-7H,1-2H3,(H,16,17)/b11-8+;10-3-.